The van der Waals surface area contributed by atoms with Crippen LogP contribution in [0.4, 0.5) is 0 Å². The van der Waals surface area contributed by atoms with Gasteiger partial charge in [-0.1, -0.05) is 13.8 Å². The Hall–Kier alpha value is -1.16. The summed E-state index contributed by atoms with van der Waals surface area (Å²) in [5, 5.41) is 5.72. The van der Waals surface area contributed by atoms with Crippen LogP contribution < -0.4 is 0 Å². The van der Waals surface area contributed by atoms with Crippen LogP contribution in [0, 0.1) is 6.92 Å². The van der Waals surface area contributed by atoms with Crippen molar-refractivity contribution >= 4 is 11.3 Å². The minimum absolute atomic E-state index is 0.856. The third kappa shape index (κ3) is 2.32. The van der Waals surface area contributed by atoms with E-state index in [1.165, 1.54) is 16.3 Å². The monoisotopic (exact) mass is 235 g/mol. The van der Waals surface area contributed by atoms with Crippen LogP contribution >= 0.6 is 11.3 Å². The van der Waals surface area contributed by atoms with Crippen molar-refractivity contribution in [2.75, 3.05) is 0 Å². The average molecular weight is 235 g/mol. The first-order chi connectivity index (χ1) is 7.72. The van der Waals surface area contributed by atoms with Crippen LogP contribution in [0.25, 0.3) is 0 Å². The summed E-state index contributed by atoms with van der Waals surface area (Å²) >= 11 is 1.75. The fraction of sp³-hybridized carbons (Fsp3) is 0.500. The van der Waals surface area contributed by atoms with Crippen molar-refractivity contribution in [3.8, 4) is 0 Å². The molecule has 0 N–H and O–H groups in total. The molecule has 2 aromatic heterocycles. The molecule has 0 aliphatic heterocycles. The lowest BCUT2D eigenvalue weighted by molar-refractivity contribution is 0.646. The number of hydrogen-bond acceptors (Lipinski definition) is 3. The highest BCUT2D eigenvalue weighted by molar-refractivity contribution is 7.11. The largest absolute Gasteiger partial charge is 0.264 e. The Balaban J connectivity index is 2.22. The van der Waals surface area contributed by atoms with Crippen LogP contribution in [0.3, 0.4) is 0 Å². The molecule has 0 unspecified atom stereocenters. The van der Waals surface area contributed by atoms with Crippen molar-refractivity contribution in [1.29, 1.82) is 0 Å². The molecule has 0 bridgehead atoms. The molecule has 0 aromatic carbocycles. The molecule has 86 valence electrons. The summed E-state index contributed by atoms with van der Waals surface area (Å²) in [5.74, 6) is 0. The second-order valence-electron chi connectivity index (χ2n) is 3.84. The van der Waals surface area contributed by atoms with Gasteiger partial charge >= 0.3 is 0 Å². The number of rotatable bonds is 4. The second-order valence-corrected chi connectivity index (χ2v) is 5.16. The lowest BCUT2D eigenvalue weighted by atomic mass is 10.2. The van der Waals surface area contributed by atoms with Gasteiger partial charge in [-0.3, -0.25) is 4.68 Å². The summed E-state index contributed by atoms with van der Waals surface area (Å²) in [6, 6.07) is 2.20. The summed E-state index contributed by atoms with van der Waals surface area (Å²) in [6.07, 6.45) is 3.99. The van der Waals surface area contributed by atoms with E-state index < -0.39 is 0 Å². The predicted molar refractivity (Wildman–Crippen MR) is 66.9 cm³/mol. The minimum atomic E-state index is 0.856. The van der Waals surface area contributed by atoms with Gasteiger partial charge in [0.05, 0.1) is 17.2 Å². The molecule has 16 heavy (non-hydrogen) atoms. The zero-order valence-corrected chi connectivity index (χ0v) is 10.8. The molecule has 2 rings (SSSR count). The van der Waals surface area contributed by atoms with Crippen LogP contribution in [0.1, 0.15) is 35.1 Å². The highest BCUT2D eigenvalue weighted by atomic mass is 32.1. The SMILES string of the molecule is CCc1cc(CC)n(Cc2cnc(C)s2)n1. The number of aryl methyl sites for hydroxylation is 3. The summed E-state index contributed by atoms with van der Waals surface area (Å²) in [6.45, 7) is 7.21. The van der Waals surface area contributed by atoms with Gasteiger partial charge in [0, 0.05) is 16.8 Å². The molecule has 3 nitrogen and oxygen atoms in total. The van der Waals surface area contributed by atoms with E-state index in [9.17, 15) is 0 Å². The quantitative estimate of drug-likeness (QED) is 0.816. The average Bonchev–Trinajstić information content (AvgIpc) is 2.85. The van der Waals surface area contributed by atoms with E-state index in [1.54, 1.807) is 11.3 Å². The van der Waals surface area contributed by atoms with Crippen LogP contribution in [0.15, 0.2) is 12.3 Å². The fourth-order valence-electron chi connectivity index (χ4n) is 1.74. The van der Waals surface area contributed by atoms with Crippen molar-refractivity contribution in [3.63, 3.8) is 0 Å². The molecule has 0 spiro atoms. The van der Waals surface area contributed by atoms with Gasteiger partial charge in [-0.05, 0) is 25.8 Å². The standard InChI is InChI=1S/C12H17N3S/c1-4-10-6-11(5-2)15(14-10)8-12-7-13-9(3)16-12/h6-7H,4-5,8H2,1-3H3. The predicted octanol–water partition coefficient (Wildman–Crippen LogP) is 2.82. The smallest absolute Gasteiger partial charge is 0.0897 e. The van der Waals surface area contributed by atoms with Crippen molar-refractivity contribution in [2.45, 2.75) is 40.2 Å². The zero-order chi connectivity index (χ0) is 11.5. The number of aromatic nitrogens is 3. The third-order valence-corrected chi connectivity index (χ3v) is 3.51. The van der Waals surface area contributed by atoms with Gasteiger partial charge in [0.15, 0.2) is 0 Å². The topological polar surface area (TPSA) is 30.7 Å². The van der Waals surface area contributed by atoms with E-state index in [-0.39, 0.29) is 0 Å². The second kappa shape index (κ2) is 4.78. The molecule has 2 heterocycles. The van der Waals surface area contributed by atoms with Gasteiger partial charge in [0.1, 0.15) is 0 Å². The molecule has 2 aromatic rings. The maximum atomic E-state index is 4.60. The Labute approximate surface area is 100 Å². The summed E-state index contributed by atoms with van der Waals surface area (Å²) < 4.78 is 2.10. The highest BCUT2D eigenvalue weighted by Gasteiger charge is 2.07. The molecular formula is C12H17N3S. The Morgan fingerprint density at radius 1 is 1.31 bits per heavy atom. The van der Waals surface area contributed by atoms with Gasteiger partial charge in [-0.15, -0.1) is 11.3 Å². The van der Waals surface area contributed by atoms with Gasteiger partial charge in [-0.2, -0.15) is 5.10 Å². The Kier molecular flexibility index (Phi) is 3.39. The van der Waals surface area contributed by atoms with E-state index in [1.807, 2.05) is 13.1 Å². The summed E-state index contributed by atoms with van der Waals surface area (Å²) in [5.41, 5.74) is 2.49. The van der Waals surface area contributed by atoms with Gasteiger partial charge in [-0.25, -0.2) is 4.98 Å². The van der Waals surface area contributed by atoms with E-state index in [0.717, 1.165) is 24.4 Å². The van der Waals surface area contributed by atoms with Crippen molar-refractivity contribution in [1.82, 2.24) is 14.8 Å². The van der Waals surface area contributed by atoms with Crippen molar-refractivity contribution in [3.05, 3.63) is 33.5 Å². The first kappa shape index (κ1) is 11.3. The molecule has 0 fully saturated rings. The number of nitrogens with zero attached hydrogens (tertiary/aromatic N) is 3. The van der Waals surface area contributed by atoms with Crippen molar-refractivity contribution in [2.24, 2.45) is 0 Å². The first-order valence-electron chi connectivity index (χ1n) is 5.69. The number of hydrogen-bond donors (Lipinski definition) is 0. The van der Waals surface area contributed by atoms with Crippen molar-refractivity contribution < 1.29 is 0 Å². The molecule has 0 aliphatic rings. The molecular weight excluding hydrogens is 218 g/mol. The number of thiazole rings is 1. The van der Waals surface area contributed by atoms with E-state index in [0.29, 0.717) is 0 Å². The lowest BCUT2D eigenvalue weighted by Gasteiger charge is -2.02. The molecule has 0 radical (unpaired) electrons. The molecule has 0 saturated heterocycles. The Bertz CT molecular complexity index is 470. The van der Waals surface area contributed by atoms with E-state index >= 15 is 0 Å². The van der Waals surface area contributed by atoms with Crippen LogP contribution in [0.5, 0.6) is 0 Å². The minimum Gasteiger partial charge on any atom is -0.264 e. The lowest BCUT2D eigenvalue weighted by Crippen LogP contribution is -2.04. The zero-order valence-electron chi connectivity index (χ0n) is 10.0. The Morgan fingerprint density at radius 2 is 2.12 bits per heavy atom. The first-order valence-corrected chi connectivity index (χ1v) is 6.51. The third-order valence-electron chi connectivity index (χ3n) is 2.61. The molecule has 0 saturated carbocycles. The van der Waals surface area contributed by atoms with Crippen LogP contribution in [-0.2, 0) is 19.4 Å². The maximum absolute atomic E-state index is 4.60. The molecule has 4 heteroatoms. The Morgan fingerprint density at radius 3 is 2.69 bits per heavy atom. The van der Waals surface area contributed by atoms with E-state index in [2.05, 4.69) is 34.7 Å². The van der Waals surface area contributed by atoms with E-state index in [4.69, 9.17) is 0 Å². The van der Waals surface area contributed by atoms with Crippen LogP contribution in [-0.4, -0.2) is 14.8 Å². The summed E-state index contributed by atoms with van der Waals surface area (Å²) in [4.78, 5) is 5.55. The van der Waals surface area contributed by atoms with Gasteiger partial charge in [0.2, 0.25) is 0 Å². The molecule has 0 amide bonds. The normalized spacial score (nSPS) is 10.9. The molecule has 0 atom stereocenters. The fourth-order valence-corrected chi connectivity index (χ4v) is 2.51. The molecule has 0 aliphatic carbocycles. The maximum Gasteiger partial charge on any atom is 0.0897 e. The van der Waals surface area contributed by atoms with Gasteiger partial charge in [0.25, 0.3) is 0 Å². The highest BCUT2D eigenvalue weighted by Crippen LogP contribution is 2.15. The summed E-state index contributed by atoms with van der Waals surface area (Å²) in [7, 11) is 0. The van der Waals surface area contributed by atoms with Crippen LogP contribution in [0.2, 0.25) is 0 Å². The van der Waals surface area contributed by atoms with Gasteiger partial charge < -0.3 is 0 Å².